The number of nitrogens with one attached hydrogen (secondary N) is 2. The highest BCUT2D eigenvalue weighted by atomic mass is 19.1. The lowest BCUT2D eigenvalue weighted by molar-refractivity contribution is 0.0995. The second-order valence-electron chi connectivity index (χ2n) is 7.89. The zero-order chi connectivity index (χ0) is 20.4. The van der Waals surface area contributed by atoms with Crippen LogP contribution in [-0.2, 0) is 13.0 Å². The Balaban J connectivity index is 1.59. The molecule has 9 heteroatoms. The number of aromatic nitrogens is 3. The van der Waals surface area contributed by atoms with E-state index in [-0.39, 0.29) is 29.2 Å². The van der Waals surface area contributed by atoms with Crippen molar-refractivity contribution in [1.82, 2.24) is 20.1 Å². The maximum atomic E-state index is 14.6. The van der Waals surface area contributed by atoms with Gasteiger partial charge in [0.2, 0.25) is 5.95 Å². The number of anilines is 3. The van der Waals surface area contributed by atoms with Crippen LogP contribution in [0.4, 0.5) is 21.8 Å². The zero-order valence-corrected chi connectivity index (χ0v) is 16.5. The molecule has 0 saturated heterocycles. The molecule has 0 radical (unpaired) electrons. The number of primary amides is 1. The number of likely N-dealkylation sites (N-methyl/N-ethyl adjacent to an activating group) is 1. The van der Waals surface area contributed by atoms with Crippen LogP contribution < -0.4 is 16.4 Å². The molecule has 29 heavy (non-hydrogen) atoms. The van der Waals surface area contributed by atoms with Crippen LogP contribution >= 0.6 is 0 Å². The molecule has 2 heterocycles. The fraction of sp³-hybridized carbons (Fsp3) is 0.500. The topological polar surface area (TPSA) is 109 Å². The summed E-state index contributed by atoms with van der Waals surface area (Å²) >= 11 is 0. The molecule has 1 aliphatic carbocycles. The van der Waals surface area contributed by atoms with Gasteiger partial charge in [0.15, 0.2) is 11.5 Å². The maximum absolute atomic E-state index is 14.6. The van der Waals surface area contributed by atoms with Crippen molar-refractivity contribution in [2.75, 3.05) is 24.2 Å². The van der Waals surface area contributed by atoms with Crippen molar-refractivity contribution >= 4 is 23.4 Å². The first-order valence-electron chi connectivity index (χ1n) is 10.1. The molecule has 1 aromatic carbocycles. The molecule has 0 bridgehead atoms. The van der Waals surface area contributed by atoms with Crippen molar-refractivity contribution in [3.8, 4) is 0 Å². The van der Waals surface area contributed by atoms with Gasteiger partial charge in [-0.15, -0.1) is 10.2 Å². The van der Waals surface area contributed by atoms with Crippen LogP contribution in [0, 0.1) is 5.82 Å². The van der Waals surface area contributed by atoms with Crippen molar-refractivity contribution < 1.29 is 9.18 Å². The fourth-order valence-electron chi connectivity index (χ4n) is 4.02. The van der Waals surface area contributed by atoms with Crippen LogP contribution in [0.2, 0.25) is 0 Å². The molecular weight excluding hydrogens is 373 g/mol. The van der Waals surface area contributed by atoms with E-state index in [2.05, 4.69) is 30.7 Å². The Morgan fingerprint density at radius 2 is 2.00 bits per heavy atom. The Bertz CT molecular complexity index is 914. The zero-order valence-electron chi connectivity index (χ0n) is 16.5. The van der Waals surface area contributed by atoms with E-state index < -0.39 is 5.91 Å². The Labute approximate surface area is 169 Å². The molecule has 0 atom stereocenters. The van der Waals surface area contributed by atoms with E-state index in [1.54, 1.807) is 12.1 Å². The van der Waals surface area contributed by atoms with E-state index in [4.69, 9.17) is 5.73 Å². The summed E-state index contributed by atoms with van der Waals surface area (Å²) in [5.41, 5.74) is 7.81. The van der Waals surface area contributed by atoms with Crippen LogP contribution in [0.5, 0.6) is 0 Å². The molecule has 1 aromatic heterocycles. The molecule has 0 unspecified atom stereocenters. The number of carbonyl (C=O) groups excluding carboxylic acids is 1. The van der Waals surface area contributed by atoms with Gasteiger partial charge in [0.1, 0.15) is 5.82 Å². The summed E-state index contributed by atoms with van der Waals surface area (Å²) in [7, 11) is 2.04. The monoisotopic (exact) mass is 399 g/mol. The number of halogens is 1. The number of carbonyl (C=O) groups is 1. The number of fused-ring (bicyclic) bond motifs is 1. The van der Waals surface area contributed by atoms with Crippen molar-refractivity contribution in [3.63, 3.8) is 0 Å². The number of nitrogens with two attached hydrogens (primary N) is 1. The van der Waals surface area contributed by atoms with Gasteiger partial charge in [-0.05, 0) is 49.6 Å². The van der Waals surface area contributed by atoms with E-state index in [0.29, 0.717) is 5.82 Å². The second kappa shape index (κ2) is 8.28. The minimum Gasteiger partial charge on any atom is -0.365 e. The van der Waals surface area contributed by atoms with E-state index in [0.717, 1.165) is 56.3 Å². The third-order valence-electron chi connectivity index (χ3n) is 5.61. The van der Waals surface area contributed by atoms with E-state index in [1.165, 1.54) is 6.42 Å². The average molecular weight is 399 g/mol. The van der Waals surface area contributed by atoms with Crippen LogP contribution in [0.3, 0.4) is 0 Å². The first-order chi connectivity index (χ1) is 14.0. The fourth-order valence-corrected chi connectivity index (χ4v) is 4.02. The number of benzene rings is 1. The van der Waals surface area contributed by atoms with Gasteiger partial charge in [0.05, 0.1) is 5.69 Å². The first kappa shape index (κ1) is 19.5. The second-order valence-corrected chi connectivity index (χ2v) is 7.89. The molecule has 2 aromatic rings. The smallest absolute Gasteiger partial charge is 0.273 e. The number of rotatable bonds is 5. The van der Waals surface area contributed by atoms with Crippen molar-refractivity contribution in [2.45, 2.75) is 51.1 Å². The van der Waals surface area contributed by atoms with Gasteiger partial charge in [-0.2, -0.15) is 4.98 Å². The Morgan fingerprint density at radius 3 is 2.76 bits per heavy atom. The summed E-state index contributed by atoms with van der Waals surface area (Å²) in [5, 5.41) is 14.0. The van der Waals surface area contributed by atoms with E-state index in [9.17, 15) is 9.18 Å². The van der Waals surface area contributed by atoms with Gasteiger partial charge in [-0.25, -0.2) is 4.39 Å². The molecule has 1 saturated carbocycles. The summed E-state index contributed by atoms with van der Waals surface area (Å²) < 4.78 is 14.6. The highest BCUT2D eigenvalue weighted by molar-refractivity contribution is 5.95. The minimum absolute atomic E-state index is 0.00587. The molecule has 8 nitrogen and oxygen atoms in total. The van der Waals surface area contributed by atoms with E-state index >= 15 is 0 Å². The standard InChI is InChI=1S/C20H26FN7O/c1-28-8-7-12-9-15(21)16(10-13(12)11-28)24-20-25-19(17(18(22)29)26-27-20)23-14-5-3-2-4-6-14/h9-10,14H,2-8,11H2,1H3,(H2,22,29)(H2,23,24,25,27). The summed E-state index contributed by atoms with van der Waals surface area (Å²) in [6.45, 7) is 1.68. The van der Waals surface area contributed by atoms with Gasteiger partial charge in [-0.3, -0.25) is 4.79 Å². The molecule has 4 rings (SSSR count). The quantitative estimate of drug-likeness (QED) is 0.709. The molecule has 1 aliphatic heterocycles. The minimum atomic E-state index is -0.696. The molecule has 1 amide bonds. The SMILES string of the molecule is CN1CCc2cc(F)c(Nc3nnc(C(N)=O)c(NC4CCCCC4)n3)cc2C1. The van der Waals surface area contributed by atoms with E-state index in [1.807, 2.05) is 7.05 Å². The lowest BCUT2D eigenvalue weighted by Gasteiger charge is -2.25. The molecule has 4 N–H and O–H groups in total. The number of hydrogen-bond donors (Lipinski definition) is 3. The predicted molar refractivity (Wildman–Crippen MR) is 109 cm³/mol. The summed E-state index contributed by atoms with van der Waals surface area (Å²) in [4.78, 5) is 18.3. The largest absolute Gasteiger partial charge is 0.365 e. The van der Waals surface area contributed by atoms with Crippen LogP contribution in [0.1, 0.15) is 53.7 Å². The van der Waals surface area contributed by atoms with Crippen LogP contribution in [-0.4, -0.2) is 45.6 Å². The number of hydrogen-bond acceptors (Lipinski definition) is 7. The third kappa shape index (κ3) is 4.45. The number of nitrogens with zero attached hydrogens (tertiary/aromatic N) is 4. The van der Waals surface area contributed by atoms with Crippen LogP contribution in [0.25, 0.3) is 0 Å². The Hall–Kier alpha value is -2.81. The summed E-state index contributed by atoms with van der Waals surface area (Å²) in [6, 6.07) is 3.57. The number of amides is 1. The predicted octanol–water partition coefficient (Wildman–Crippen LogP) is 2.59. The first-order valence-corrected chi connectivity index (χ1v) is 10.1. The molecule has 2 aliphatic rings. The Morgan fingerprint density at radius 1 is 1.21 bits per heavy atom. The van der Waals surface area contributed by atoms with Crippen molar-refractivity contribution in [3.05, 3.63) is 34.8 Å². The third-order valence-corrected chi connectivity index (χ3v) is 5.61. The molecule has 154 valence electrons. The highest BCUT2D eigenvalue weighted by Gasteiger charge is 2.21. The van der Waals surface area contributed by atoms with Gasteiger partial charge >= 0.3 is 0 Å². The average Bonchev–Trinajstić information content (AvgIpc) is 2.70. The van der Waals surface area contributed by atoms with Crippen LogP contribution in [0.15, 0.2) is 12.1 Å². The summed E-state index contributed by atoms with van der Waals surface area (Å²) in [6.07, 6.45) is 6.28. The molecule has 0 spiro atoms. The van der Waals surface area contributed by atoms with Gasteiger partial charge < -0.3 is 21.3 Å². The lowest BCUT2D eigenvalue weighted by Crippen LogP contribution is -2.27. The van der Waals surface area contributed by atoms with Gasteiger partial charge in [-0.1, -0.05) is 19.3 Å². The van der Waals surface area contributed by atoms with Crippen molar-refractivity contribution in [1.29, 1.82) is 0 Å². The maximum Gasteiger partial charge on any atom is 0.273 e. The van der Waals surface area contributed by atoms with Crippen molar-refractivity contribution in [2.24, 2.45) is 5.73 Å². The normalized spacial score (nSPS) is 17.6. The molecular formula is C20H26FN7O. The lowest BCUT2D eigenvalue weighted by atomic mass is 9.95. The van der Waals surface area contributed by atoms with Gasteiger partial charge in [0, 0.05) is 19.1 Å². The van der Waals surface area contributed by atoms with Gasteiger partial charge in [0.25, 0.3) is 5.91 Å². The highest BCUT2D eigenvalue weighted by Crippen LogP contribution is 2.27. The molecule has 1 fully saturated rings. The Kier molecular flexibility index (Phi) is 5.57. The summed E-state index contributed by atoms with van der Waals surface area (Å²) in [5.74, 6) is -0.646.